The van der Waals surface area contributed by atoms with E-state index in [4.69, 9.17) is 4.98 Å². The average Bonchev–Trinajstić information content (AvgIpc) is 3.15. The summed E-state index contributed by atoms with van der Waals surface area (Å²) in [5.74, 6) is 1.05. The molecule has 2 aromatic heterocycles. The molecular formula is C25H36N6O. The SMILES string of the molecule is CCc1nc2ccc(C(=O)N(C)CCN(C)C)cn2c1N(C)Cc1ccc(N(C)C)cc1. The highest BCUT2D eigenvalue weighted by Gasteiger charge is 2.18. The van der Waals surface area contributed by atoms with Gasteiger partial charge >= 0.3 is 0 Å². The maximum Gasteiger partial charge on any atom is 0.255 e. The Morgan fingerprint density at radius 2 is 1.62 bits per heavy atom. The summed E-state index contributed by atoms with van der Waals surface area (Å²) < 4.78 is 2.06. The summed E-state index contributed by atoms with van der Waals surface area (Å²) in [5, 5.41) is 0. The van der Waals surface area contributed by atoms with Crippen LogP contribution in [0.5, 0.6) is 0 Å². The second kappa shape index (κ2) is 10.0. The summed E-state index contributed by atoms with van der Waals surface area (Å²) in [7, 11) is 12.1. The van der Waals surface area contributed by atoms with E-state index < -0.39 is 0 Å². The number of nitrogens with zero attached hydrogens (tertiary/aromatic N) is 6. The van der Waals surface area contributed by atoms with E-state index in [0.717, 1.165) is 36.7 Å². The van der Waals surface area contributed by atoms with Crippen LogP contribution in [0, 0.1) is 0 Å². The summed E-state index contributed by atoms with van der Waals surface area (Å²) in [6, 6.07) is 12.4. The van der Waals surface area contributed by atoms with Crippen molar-refractivity contribution in [2.45, 2.75) is 19.9 Å². The monoisotopic (exact) mass is 436 g/mol. The normalized spacial score (nSPS) is 11.2. The van der Waals surface area contributed by atoms with Crippen LogP contribution >= 0.6 is 0 Å². The first-order valence-electron chi connectivity index (χ1n) is 11.1. The molecular weight excluding hydrogens is 400 g/mol. The molecule has 0 aliphatic carbocycles. The zero-order chi connectivity index (χ0) is 23.4. The molecule has 7 nitrogen and oxygen atoms in total. The molecule has 0 saturated carbocycles. The van der Waals surface area contributed by atoms with Crippen molar-refractivity contribution >= 4 is 23.1 Å². The number of hydrogen-bond acceptors (Lipinski definition) is 5. The minimum absolute atomic E-state index is 0.0216. The molecule has 0 saturated heterocycles. The fraction of sp³-hybridized carbons (Fsp3) is 0.440. The van der Waals surface area contributed by atoms with E-state index in [1.807, 2.05) is 53.6 Å². The molecule has 0 unspecified atom stereocenters. The number of carbonyl (C=O) groups excluding carboxylic acids is 1. The molecule has 3 rings (SSSR count). The smallest absolute Gasteiger partial charge is 0.255 e. The lowest BCUT2D eigenvalue weighted by atomic mass is 10.2. The Bertz CT molecular complexity index is 1050. The van der Waals surface area contributed by atoms with E-state index >= 15 is 0 Å². The second-order valence-electron chi connectivity index (χ2n) is 8.83. The third-order valence-electron chi connectivity index (χ3n) is 5.71. The first-order valence-corrected chi connectivity index (χ1v) is 11.1. The Morgan fingerprint density at radius 1 is 0.938 bits per heavy atom. The molecule has 1 aromatic carbocycles. The van der Waals surface area contributed by atoms with Gasteiger partial charge in [-0.2, -0.15) is 0 Å². The highest BCUT2D eigenvalue weighted by molar-refractivity contribution is 5.94. The van der Waals surface area contributed by atoms with Gasteiger partial charge in [0.15, 0.2) is 0 Å². The van der Waals surface area contributed by atoms with E-state index in [-0.39, 0.29) is 5.91 Å². The summed E-state index contributed by atoms with van der Waals surface area (Å²) in [4.78, 5) is 26.0. The van der Waals surface area contributed by atoms with Crippen molar-refractivity contribution in [1.29, 1.82) is 0 Å². The molecule has 32 heavy (non-hydrogen) atoms. The lowest BCUT2D eigenvalue weighted by Crippen LogP contribution is -2.33. The van der Waals surface area contributed by atoms with Gasteiger partial charge in [0.1, 0.15) is 11.5 Å². The van der Waals surface area contributed by atoms with Crippen LogP contribution in [0.4, 0.5) is 11.5 Å². The molecule has 0 aliphatic rings. The lowest BCUT2D eigenvalue weighted by molar-refractivity contribution is 0.0786. The predicted molar refractivity (Wildman–Crippen MR) is 133 cm³/mol. The largest absolute Gasteiger partial charge is 0.378 e. The van der Waals surface area contributed by atoms with Crippen molar-refractivity contribution in [2.75, 3.05) is 65.2 Å². The Hall–Kier alpha value is -3.06. The quantitative estimate of drug-likeness (QED) is 0.515. The number of likely N-dealkylation sites (N-methyl/N-ethyl adjacent to an activating group) is 2. The zero-order valence-corrected chi connectivity index (χ0v) is 20.5. The van der Waals surface area contributed by atoms with Crippen LogP contribution < -0.4 is 9.80 Å². The molecule has 7 heteroatoms. The topological polar surface area (TPSA) is 47.3 Å². The number of aryl methyl sites for hydroxylation is 1. The number of fused-ring (bicyclic) bond motifs is 1. The van der Waals surface area contributed by atoms with Crippen molar-refractivity contribution in [3.8, 4) is 0 Å². The number of hydrogen-bond donors (Lipinski definition) is 0. The lowest BCUT2D eigenvalue weighted by Gasteiger charge is -2.22. The van der Waals surface area contributed by atoms with Gasteiger partial charge in [0.05, 0.1) is 11.3 Å². The van der Waals surface area contributed by atoms with Crippen molar-refractivity contribution in [1.82, 2.24) is 19.2 Å². The minimum atomic E-state index is 0.0216. The van der Waals surface area contributed by atoms with Crippen molar-refractivity contribution in [3.05, 3.63) is 59.4 Å². The fourth-order valence-corrected chi connectivity index (χ4v) is 3.77. The van der Waals surface area contributed by atoms with Gasteiger partial charge in [0, 0.05) is 59.7 Å². The summed E-state index contributed by atoms with van der Waals surface area (Å²) >= 11 is 0. The number of rotatable bonds is 9. The van der Waals surface area contributed by atoms with Gasteiger partial charge in [-0.1, -0.05) is 19.1 Å². The van der Waals surface area contributed by atoms with Gasteiger partial charge in [-0.25, -0.2) is 4.98 Å². The molecule has 0 aliphatic heterocycles. The van der Waals surface area contributed by atoms with Crippen molar-refractivity contribution < 1.29 is 4.79 Å². The predicted octanol–water partition coefficient (Wildman–Crippen LogP) is 3.23. The van der Waals surface area contributed by atoms with E-state index in [2.05, 4.69) is 57.3 Å². The molecule has 0 bridgehead atoms. The van der Waals surface area contributed by atoms with Gasteiger partial charge in [-0.15, -0.1) is 0 Å². The second-order valence-corrected chi connectivity index (χ2v) is 8.83. The Balaban J connectivity index is 1.89. The standard InChI is InChI=1S/C25H36N6O/c1-8-22-24(30(7)17-19-9-12-21(13-10-19)28(4)5)31-18-20(11-14-23(31)26-22)25(32)29(6)16-15-27(2)3/h9-14,18H,8,15-17H2,1-7H3. The molecule has 0 atom stereocenters. The zero-order valence-electron chi connectivity index (χ0n) is 20.5. The number of pyridine rings is 1. The third-order valence-corrected chi connectivity index (χ3v) is 5.71. The van der Waals surface area contributed by atoms with E-state index in [1.165, 1.54) is 11.3 Å². The van der Waals surface area contributed by atoms with Crippen LogP contribution in [0.2, 0.25) is 0 Å². The molecule has 2 heterocycles. The van der Waals surface area contributed by atoms with Crippen LogP contribution in [0.3, 0.4) is 0 Å². The first kappa shape index (κ1) is 23.6. The molecule has 0 fully saturated rings. The Labute approximate surface area is 191 Å². The number of anilines is 2. The molecule has 172 valence electrons. The maximum absolute atomic E-state index is 13.0. The molecule has 3 aromatic rings. The van der Waals surface area contributed by atoms with Crippen LogP contribution in [0.1, 0.15) is 28.5 Å². The minimum Gasteiger partial charge on any atom is -0.378 e. The third kappa shape index (κ3) is 5.22. The number of carbonyl (C=O) groups is 1. The van der Waals surface area contributed by atoms with E-state index in [1.54, 1.807) is 4.90 Å². The molecule has 1 amide bonds. The molecule has 0 radical (unpaired) electrons. The summed E-state index contributed by atoms with van der Waals surface area (Å²) in [5.41, 5.74) is 4.97. The summed E-state index contributed by atoms with van der Waals surface area (Å²) in [6.07, 6.45) is 2.75. The van der Waals surface area contributed by atoms with Crippen LogP contribution in [-0.4, -0.2) is 80.5 Å². The molecule has 0 spiro atoms. The van der Waals surface area contributed by atoms with E-state index in [0.29, 0.717) is 12.1 Å². The number of amides is 1. The highest BCUT2D eigenvalue weighted by Crippen LogP contribution is 2.25. The number of benzene rings is 1. The Morgan fingerprint density at radius 3 is 2.22 bits per heavy atom. The van der Waals surface area contributed by atoms with Gasteiger partial charge < -0.3 is 19.6 Å². The van der Waals surface area contributed by atoms with Crippen LogP contribution in [0.25, 0.3) is 5.65 Å². The Kier molecular flexibility index (Phi) is 7.40. The van der Waals surface area contributed by atoms with Crippen LogP contribution in [0.15, 0.2) is 42.6 Å². The first-order chi connectivity index (χ1) is 15.2. The van der Waals surface area contributed by atoms with Gasteiger partial charge in [-0.05, 0) is 50.3 Å². The average molecular weight is 437 g/mol. The van der Waals surface area contributed by atoms with Crippen molar-refractivity contribution in [3.63, 3.8) is 0 Å². The summed E-state index contributed by atoms with van der Waals surface area (Å²) in [6.45, 7) is 4.39. The number of aromatic nitrogens is 2. The molecule has 0 N–H and O–H groups in total. The maximum atomic E-state index is 13.0. The van der Waals surface area contributed by atoms with Gasteiger partial charge in [0.2, 0.25) is 0 Å². The fourth-order valence-electron chi connectivity index (χ4n) is 3.77. The van der Waals surface area contributed by atoms with Gasteiger partial charge in [-0.3, -0.25) is 9.20 Å². The highest BCUT2D eigenvalue weighted by atomic mass is 16.2. The van der Waals surface area contributed by atoms with Crippen LogP contribution in [-0.2, 0) is 13.0 Å². The van der Waals surface area contributed by atoms with Gasteiger partial charge in [0.25, 0.3) is 5.91 Å². The number of imidazole rings is 1. The van der Waals surface area contributed by atoms with Crippen molar-refractivity contribution in [2.24, 2.45) is 0 Å². The van der Waals surface area contributed by atoms with E-state index in [9.17, 15) is 4.79 Å².